The fraction of sp³-hybridized carbons (Fsp3) is 0.321. The Balaban J connectivity index is 0.000000172. The van der Waals surface area contributed by atoms with E-state index in [2.05, 4.69) is 366 Å². The lowest BCUT2D eigenvalue weighted by atomic mass is 9.70. The van der Waals surface area contributed by atoms with Crippen molar-refractivity contribution in [1.29, 1.82) is 0 Å². The predicted octanol–water partition coefficient (Wildman–Crippen LogP) is 26.5. The molecule has 1 heterocycles. The summed E-state index contributed by atoms with van der Waals surface area (Å²) in [7, 11) is -5.24. The minimum atomic E-state index is -2.58. The number of hydrogen-bond acceptors (Lipinski definition) is 3. The first-order chi connectivity index (χ1) is 55.8. The summed E-state index contributed by atoms with van der Waals surface area (Å²) in [6.45, 7) is 32.4. The van der Waals surface area contributed by atoms with Gasteiger partial charge >= 0.3 is 0 Å². The minimum absolute atomic E-state index is 0.0856. The van der Waals surface area contributed by atoms with Gasteiger partial charge in [0.25, 0.3) is 0 Å². The van der Waals surface area contributed by atoms with E-state index in [0.717, 1.165) is 16.7 Å². The van der Waals surface area contributed by atoms with Crippen molar-refractivity contribution in [3.05, 3.63) is 342 Å². The standard InChI is InChI=1S/C51H56Si.C24H22N2O.C22H32Si.C12H20Si/c1-5-7-9-17-35-51(36-18-10-8-6-2)49-37-40(4)25-33-47(49)48-34-28-42(38-50(48)51)41-26-31-46(32-27-41)52(43-19-13-11-14-20-43,44-21-15-12-16-22-44)45-29-23-39(3)24-30-45;1-24(2,3)21-15-13-20(14-16-21)23-26-25-22(27-23)19-11-9-18(10-12-19)17-7-5-4-6-8-17;1-5-7-9-19-11-15-21(16-12-19)23(3,4)22-17-13-20(14-18-22)10-8-6-2;1-4-5-11-13(2,3)12-9-7-6-8-10-12/h11-16,19-34,37-38H,5-10,17-18,35-36H2,1-4H3;4-16H,1-3H3;11-18H,5-10H2,1-4H3;6-10H,4-5,11H2,1-3H3. The summed E-state index contributed by atoms with van der Waals surface area (Å²) in [5.41, 5.74) is 20.1. The molecule has 0 aliphatic heterocycles. The van der Waals surface area contributed by atoms with Gasteiger partial charge in [-0.1, -0.05) is 464 Å². The molecule has 14 rings (SSSR count). The third-order valence-corrected chi connectivity index (χ3v) is 36.2. The van der Waals surface area contributed by atoms with Crippen molar-refractivity contribution < 1.29 is 4.42 Å². The van der Waals surface area contributed by atoms with Crippen molar-refractivity contribution in [3.8, 4) is 56.3 Å². The molecular weight excluding hydrogens is 1440 g/mol. The Morgan fingerprint density at radius 2 is 0.670 bits per heavy atom. The Labute approximate surface area is 696 Å². The van der Waals surface area contributed by atoms with Crippen molar-refractivity contribution in [2.75, 3.05) is 0 Å². The molecule has 6 heteroatoms. The van der Waals surface area contributed by atoms with Crippen LogP contribution >= 0.6 is 0 Å². The zero-order chi connectivity index (χ0) is 81.3. The maximum atomic E-state index is 5.90. The van der Waals surface area contributed by atoms with Gasteiger partial charge in [-0.05, 0) is 170 Å². The quantitative estimate of drug-likeness (QED) is 0.0256. The average Bonchev–Trinajstić information content (AvgIpc) is 1.63. The molecule has 0 saturated heterocycles. The molecule has 0 unspecified atom stereocenters. The SMILES string of the molecule is CC(C)(C)c1ccc(-c2nnc(-c3ccc(-c4ccccc4)cc3)o2)cc1.CCCCCCC1(CCCCCC)c2cc(C)ccc2-c2ccc(-c3ccc([Si](c4ccccc4)(c4ccccc4)c4ccc(C)cc4)cc3)cc21.CCCC[Si](C)(C)c1ccccc1.CCCCc1ccc([Si](C)(C)c2ccc(CCCC)cc2)cc1. The smallest absolute Gasteiger partial charge is 0.248 e. The van der Waals surface area contributed by atoms with E-state index in [1.54, 1.807) is 26.7 Å². The molecule has 1 aliphatic rings. The van der Waals surface area contributed by atoms with Gasteiger partial charge in [-0.2, -0.15) is 0 Å². The monoisotopic (exact) mass is 1570 g/mol. The summed E-state index contributed by atoms with van der Waals surface area (Å²) in [5.74, 6) is 1.07. The topological polar surface area (TPSA) is 38.9 Å². The molecule has 0 radical (unpaired) electrons. The third-order valence-electron chi connectivity index (χ3n) is 24.3. The van der Waals surface area contributed by atoms with E-state index in [1.165, 1.54) is 198 Å². The van der Waals surface area contributed by atoms with Crippen LogP contribution in [0.1, 0.15) is 197 Å². The number of hydrogen-bond donors (Lipinski definition) is 0. The minimum Gasteiger partial charge on any atom is -0.416 e. The first kappa shape index (κ1) is 86.3. The molecular formula is C109H130N2OSi3. The normalized spacial score (nSPS) is 12.3. The zero-order valence-electron chi connectivity index (χ0n) is 72.1. The van der Waals surface area contributed by atoms with Gasteiger partial charge in [0.1, 0.15) is 8.07 Å². The Hall–Kier alpha value is -9.57. The molecule has 0 bridgehead atoms. The molecule has 0 spiro atoms. The van der Waals surface area contributed by atoms with E-state index >= 15 is 0 Å². The van der Waals surface area contributed by atoms with E-state index in [1.807, 2.05) is 42.5 Å². The Morgan fingerprint density at radius 3 is 1.13 bits per heavy atom. The van der Waals surface area contributed by atoms with E-state index in [0.29, 0.717) is 11.8 Å². The molecule has 13 aromatic rings. The van der Waals surface area contributed by atoms with Gasteiger partial charge in [-0.25, -0.2) is 0 Å². The highest BCUT2D eigenvalue weighted by Crippen LogP contribution is 2.55. The van der Waals surface area contributed by atoms with E-state index in [9.17, 15) is 0 Å². The largest absolute Gasteiger partial charge is 0.416 e. The average molecular weight is 1570 g/mol. The van der Waals surface area contributed by atoms with Crippen LogP contribution in [0.2, 0.25) is 32.2 Å². The number of rotatable bonds is 30. The number of unbranched alkanes of at least 4 members (excludes halogenated alkanes) is 9. The van der Waals surface area contributed by atoms with Gasteiger partial charge < -0.3 is 4.42 Å². The van der Waals surface area contributed by atoms with Crippen LogP contribution in [0.4, 0.5) is 0 Å². The van der Waals surface area contributed by atoms with Gasteiger partial charge in [0.2, 0.25) is 11.8 Å². The Bertz CT molecular complexity index is 4940. The molecule has 12 aromatic carbocycles. The van der Waals surface area contributed by atoms with Crippen molar-refractivity contribution in [2.24, 2.45) is 0 Å². The third kappa shape index (κ3) is 21.8. The van der Waals surface area contributed by atoms with Crippen LogP contribution in [0.25, 0.3) is 56.3 Å². The second-order valence-corrected chi connectivity index (χ2v) is 47.8. The van der Waals surface area contributed by atoms with Crippen molar-refractivity contribution in [1.82, 2.24) is 10.2 Å². The maximum absolute atomic E-state index is 5.90. The summed E-state index contributed by atoms with van der Waals surface area (Å²) in [5, 5.41) is 18.8. The van der Waals surface area contributed by atoms with Gasteiger partial charge in [-0.3, -0.25) is 0 Å². The lowest BCUT2D eigenvalue weighted by Crippen LogP contribution is -2.74. The number of nitrogens with zero attached hydrogens (tertiary/aromatic N) is 2. The molecule has 0 N–H and O–H groups in total. The molecule has 1 aliphatic carbocycles. The second kappa shape index (κ2) is 41.3. The summed E-state index contributed by atoms with van der Waals surface area (Å²) in [6.07, 6.45) is 23.2. The molecule has 594 valence electrons. The van der Waals surface area contributed by atoms with E-state index in [-0.39, 0.29) is 10.8 Å². The second-order valence-electron chi connectivity index (χ2n) is 34.7. The molecule has 3 nitrogen and oxygen atoms in total. The zero-order valence-corrected chi connectivity index (χ0v) is 75.1. The van der Waals surface area contributed by atoms with Crippen LogP contribution < -0.4 is 36.3 Å². The van der Waals surface area contributed by atoms with Crippen molar-refractivity contribution >= 4 is 60.5 Å². The highest BCUT2D eigenvalue weighted by Gasteiger charge is 2.44. The lowest BCUT2D eigenvalue weighted by Gasteiger charge is -2.34. The van der Waals surface area contributed by atoms with Crippen LogP contribution in [-0.2, 0) is 23.7 Å². The fourth-order valence-corrected chi connectivity index (χ4v) is 26.7. The van der Waals surface area contributed by atoms with Gasteiger partial charge in [0.05, 0.1) is 8.07 Å². The Morgan fingerprint density at radius 1 is 0.313 bits per heavy atom. The number of aryl methyl sites for hydroxylation is 4. The van der Waals surface area contributed by atoms with Gasteiger partial charge in [0, 0.05) is 16.5 Å². The first-order valence-corrected chi connectivity index (χ1v) is 51.9. The van der Waals surface area contributed by atoms with Gasteiger partial charge in [-0.15, -0.1) is 10.2 Å². The van der Waals surface area contributed by atoms with Crippen LogP contribution in [0.3, 0.4) is 0 Å². The summed E-state index contributed by atoms with van der Waals surface area (Å²) < 4.78 is 5.90. The van der Waals surface area contributed by atoms with Crippen LogP contribution in [-0.4, -0.2) is 34.4 Å². The molecule has 115 heavy (non-hydrogen) atoms. The van der Waals surface area contributed by atoms with Crippen molar-refractivity contribution in [2.45, 2.75) is 228 Å². The lowest BCUT2D eigenvalue weighted by molar-refractivity contribution is 0.401. The molecule has 0 saturated carbocycles. The maximum Gasteiger partial charge on any atom is 0.248 e. The summed E-state index contributed by atoms with van der Waals surface area (Å²) in [6, 6.07) is 114. The molecule has 0 amide bonds. The Kier molecular flexibility index (Phi) is 31.0. The van der Waals surface area contributed by atoms with E-state index in [4.69, 9.17) is 4.42 Å². The first-order valence-electron chi connectivity index (χ1n) is 43.7. The number of fused-ring (bicyclic) bond motifs is 3. The van der Waals surface area contributed by atoms with Crippen LogP contribution in [0, 0.1) is 13.8 Å². The fourth-order valence-electron chi connectivity index (χ4n) is 17.0. The van der Waals surface area contributed by atoms with Crippen molar-refractivity contribution in [3.63, 3.8) is 0 Å². The predicted molar refractivity (Wildman–Crippen MR) is 508 cm³/mol. The highest BCUT2D eigenvalue weighted by molar-refractivity contribution is 7.20. The van der Waals surface area contributed by atoms with Gasteiger partial charge in [0.15, 0.2) is 8.07 Å². The van der Waals surface area contributed by atoms with Crippen LogP contribution in [0.15, 0.2) is 308 Å². The number of aromatic nitrogens is 2. The molecule has 1 aromatic heterocycles. The molecule has 0 fully saturated rings. The highest BCUT2D eigenvalue weighted by atomic mass is 28.3. The van der Waals surface area contributed by atoms with Crippen LogP contribution in [0.5, 0.6) is 0 Å². The van der Waals surface area contributed by atoms with E-state index < -0.39 is 24.2 Å². The summed E-state index contributed by atoms with van der Waals surface area (Å²) >= 11 is 0. The summed E-state index contributed by atoms with van der Waals surface area (Å²) in [4.78, 5) is 0. The molecule has 0 atom stereocenters. The number of benzene rings is 12.